The van der Waals surface area contributed by atoms with Crippen LogP contribution in [0, 0.1) is 5.82 Å². The van der Waals surface area contributed by atoms with Crippen molar-refractivity contribution in [3.8, 4) is 5.75 Å². The number of halogens is 1. The second-order valence-corrected chi connectivity index (χ2v) is 5.00. The van der Waals surface area contributed by atoms with Gasteiger partial charge in [-0.2, -0.15) is 0 Å². The van der Waals surface area contributed by atoms with E-state index in [-0.39, 0.29) is 5.82 Å². The molecule has 108 valence electrons. The fourth-order valence-electron chi connectivity index (χ4n) is 2.48. The summed E-state index contributed by atoms with van der Waals surface area (Å²) in [7, 11) is 1.53. The van der Waals surface area contributed by atoms with Crippen molar-refractivity contribution in [2.75, 3.05) is 7.11 Å². The molecule has 2 aromatic carbocycles. The molecule has 0 unspecified atom stereocenters. The number of methoxy groups -OCH3 is 1. The molecule has 4 heteroatoms. The van der Waals surface area contributed by atoms with E-state index in [1.807, 2.05) is 29.0 Å². The Morgan fingerprint density at radius 3 is 2.71 bits per heavy atom. The summed E-state index contributed by atoms with van der Waals surface area (Å²) in [6.45, 7) is 1.01. The summed E-state index contributed by atoms with van der Waals surface area (Å²) >= 11 is 0. The highest BCUT2D eigenvalue weighted by atomic mass is 19.1. The zero-order valence-electron chi connectivity index (χ0n) is 11.8. The summed E-state index contributed by atoms with van der Waals surface area (Å²) in [4.78, 5) is 0. The average Bonchev–Trinajstić information content (AvgIpc) is 2.91. The maximum Gasteiger partial charge on any atom is 0.131 e. The Kier molecular flexibility index (Phi) is 3.62. The molecule has 21 heavy (non-hydrogen) atoms. The third-order valence-corrected chi connectivity index (χ3v) is 3.67. The topological polar surface area (TPSA) is 40.2 Å². The van der Waals surface area contributed by atoms with E-state index in [1.54, 1.807) is 12.1 Å². The van der Waals surface area contributed by atoms with Crippen LogP contribution in [0.15, 0.2) is 48.7 Å². The number of benzene rings is 2. The van der Waals surface area contributed by atoms with Crippen LogP contribution < -0.4 is 10.5 Å². The van der Waals surface area contributed by atoms with Crippen LogP contribution in [0.3, 0.4) is 0 Å². The molecule has 3 aromatic rings. The summed E-state index contributed by atoms with van der Waals surface area (Å²) in [6.07, 6.45) is 1.97. The van der Waals surface area contributed by atoms with E-state index >= 15 is 0 Å². The van der Waals surface area contributed by atoms with Crippen molar-refractivity contribution in [3.05, 3.63) is 65.6 Å². The van der Waals surface area contributed by atoms with E-state index in [2.05, 4.69) is 6.07 Å². The van der Waals surface area contributed by atoms with Crippen LogP contribution in [-0.2, 0) is 13.1 Å². The molecule has 0 amide bonds. The molecule has 0 aliphatic heterocycles. The number of rotatable bonds is 4. The molecular formula is C17H17FN2O. The number of ether oxygens (including phenoxy) is 1. The minimum absolute atomic E-state index is 0.255. The second kappa shape index (κ2) is 5.58. The first-order valence-corrected chi connectivity index (χ1v) is 6.81. The average molecular weight is 284 g/mol. The largest absolute Gasteiger partial charge is 0.497 e. The van der Waals surface area contributed by atoms with Crippen molar-refractivity contribution in [2.45, 2.75) is 13.1 Å². The molecule has 1 heterocycles. The third kappa shape index (κ3) is 2.62. The van der Waals surface area contributed by atoms with Gasteiger partial charge in [-0.15, -0.1) is 0 Å². The molecule has 3 rings (SSSR count). The predicted octanol–water partition coefficient (Wildman–Crippen LogP) is 3.30. The van der Waals surface area contributed by atoms with Crippen LogP contribution in [-0.4, -0.2) is 11.7 Å². The highest BCUT2D eigenvalue weighted by Crippen LogP contribution is 2.21. The lowest BCUT2D eigenvalue weighted by molar-refractivity contribution is 0.410. The van der Waals surface area contributed by atoms with E-state index in [0.29, 0.717) is 24.4 Å². The standard InChI is InChI=1S/C17H17FN2O/c1-21-15-4-3-14(16(18)9-15)11-20-7-6-13-8-12(10-19)2-5-17(13)20/h2-9H,10-11,19H2,1H3. The fraction of sp³-hybridized carbons (Fsp3) is 0.176. The Morgan fingerprint density at radius 1 is 1.14 bits per heavy atom. The van der Waals surface area contributed by atoms with E-state index in [9.17, 15) is 4.39 Å². The Hall–Kier alpha value is -2.33. The molecule has 3 nitrogen and oxygen atoms in total. The summed E-state index contributed by atoms with van der Waals surface area (Å²) in [5.74, 6) is 0.274. The van der Waals surface area contributed by atoms with Crippen LogP contribution >= 0.6 is 0 Å². The van der Waals surface area contributed by atoms with E-state index in [4.69, 9.17) is 10.5 Å². The van der Waals surface area contributed by atoms with Gasteiger partial charge in [-0.1, -0.05) is 12.1 Å². The van der Waals surface area contributed by atoms with Gasteiger partial charge in [0.2, 0.25) is 0 Å². The molecule has 0 fully saturated rings. The normalized spacial score (nSPS) is 11.0. The molecule has 0 aliphatic carbocycles. The van der Waals surface area contributed by atoms with Crippen LogP contribution in [0.5, 0.6) is 5.75 Å². The molecule has 2 N–H and O–H groups in total. The van der Waals surface area contributed by atoms with Crippen LogP contribution in [0.2, 0.25) is 0 Å². The first-order valence-electron chi connectivity index (χ1n) is 6.81. The molecular weight excluding hydrogens is 267 g/mol. The van der Waals surface area contributed by atoms with Crippen LogP contribution in [0.25, 0.3) is 10.9 Å². The lowest BCUT2D eigenvalue weighted by Crippen LogP contribution is -2.01. The zero-order chi connectivity index (χ0) is 14.8. The van der Waals surface area contributed by atoms with Gasteiger partial charge >= 0.3 is 0 Å². The van der Waals surface area contributed by atoms with Crippen molar-refractivity contribution < 1.29 is 9.13 Å². The monoisotopic (exact) mass is 284 g/mol. The van der Waals surface area contributed by atoms with Crippen LogP contribution in [0.4, 0.5) is 4.39 Å². The minimum Gasteiger partial charge on any atom is -0.497 e. The van der Waals surface area contributed by atoms with Gasteiger partial charge in [0.15, 0.2) is 0 Å². The minimum atomic E-state index is -0.255. The Balaban J connectivity index is 1.95. The molecule has 0 radical (unpaired) electrons. The zero-order valence-corrected chi connectivity index (χ0v) is 11.8. The second-order valence-electron chi connectivity index (χ2n) is 5.00. The lowest BCUT2D eigenvalue weighted by atomic mass is 10.1. The quantitative estimate of drug-likeness (QED) is 0.798. The number of aromatic nitrogens is 1. The molecule has 0 saturated heterocycles. The molecule has 1 aromatic heterocycles. The van der Waals surface area contributed by atoms with Crippen molar-refractivity contribution in [1.82, 2.24) is 4.57 Å². The van der Waals surface area contributed by atoms with Crippen molar-refractivity contribution in [1.29, 1.82) is 0 Å². The maximum atomic E-state index is 14.0. The third-order valence-electron chi connectivity index (χ3n) is 3.67. The molecule has 0 aliphatic rings. The summed E-state index contributed by atoms with van der Waals surface area (Å²) in [6, 6.07) is 13.1. The number of hydrogen-bond donors (Lipinski definition) is 1. The maximum absolute atomic E-state index is 14.0. The van der Waals surface area contributed by atoms with Gasteiger partial charge in [0.05, 0.1) is 13.7 Å². The fourth-order valence-corrected chi connectivity index (χ4v) is 2.48. The van der Waals surface area contributed by atoms with Gasteiger partial charge in [-0.05, 0) is 35.2 Å². The number of hydrogen-bond acceptors (Lipinski definition) is 2. The Bertz CT molecular complexity index is 780. The Labute approximate surface area is 122 Å². The molecule has 0 spiro atoms. The number of nitrogens with zero attached hydrogens (tertiary/aromatic N) is 1. The van der Waals surface area contributed by atoms with E-state index in [0.717, 1.165) is 16.5 Å². The summed E-state index contributed by atoms with van der Waals surface area (Å²) in [5.41, 5.74) is 8.45. The smallest absolute Gasteiger partial charge is 0.131 e. The van der Waals surface area contributed by atoms with Gasteiger partial charge in [0.25, 0.3) is 0 Å². The van der Waals surface area contributed by atoms with Crippen molar-refractivity contribution >= 4 is 10.9 Å². The number of nitrogens with two attached hydrogens (primary N) is 1. The van der Waals surface area contributed by atoms with Gasteiger partial charge in [0, 0.05) is 29.9 Å². The SMILES string of the molecule is COc1ccc(Cn2ccc3cc(CN)ccc32)c(F)c1. The first-order chi connectivity index (χ1) is 10.2. The number of fused-ring (bicyclic) bond motifs is 1. The predicted molar refractivity (Wildman–Crippen MR) is 81.9 cm³/mol. The van der Waals surface area contributed by atoms with Gasteiger partial charge in [0.1, 0.15) is 11.6 Å². The summed E-state index contributed by atoms with van der Waals surface area (Å²) < 4.78 is 21.1. The lowest BCUT2D eigenvalue weighted by Gasteiger charge is -2.09. The van der Waals surface area contributed by atoms with E-state index < -0.39 is 0 Å². The van der Waals surface area contributed by atoms with E-state index in [1.165, 1.54) is 13.2 Å². The highest BCUT2D eigenvalue weighted by molar-refractivity contribution is 5.81. The Morgan fingerprint density at radius 2 is 2.00 bits per heavy atom. The highest BCUT2D eigenvalue weighted by Gasteiger charge is 2.07. The van der Waals surface area contributed by atoms with Crippen molar-refractivity contribution in [3.63, 3.8) is 0 Å². The van der Waals surface area contributed by atoms with Gasteiger partial charge in [-0.25, -0.2) is 4.39 Å². The van der Waals surface area contributed by atoms with Gasteiger partial charge < -0.3 is 15.0 Å². The van der Waals surface area contributed by atoms with Gasteiger partial charge in [-0.3, -0.25) is 0 Å². The molecule has 0 saturated carbocycles. The van der Waals surface area contributed by atoms with Crippen molar-refractivity contribution in [2.24, 2.45) is 5.73 Å². The molecule has 0 atom stereocenters. The molecule has 0 bridgehead atoms. The van der Waals surface area contributed by atoms with Crippen LogP contribution in [0.1, 0.15) is 11.1 Å². The first kappa shape index (κ1) is 13.6. The summed E-state index contributed by atoms with van der Waals surface area (Å²) in [5, 5.41) is 1.12.